The molecule has 0 unspecified atom stereocenters. The average Bonchev–Trinajstić information content (AvgIpc) is 3.82. The number of carbonyl (C=O) groups is 2. The Morgan fingerprint density at radius 1 is 0.878 bits per heavy atom. The standard InChI is InChI=1S/C37H37N7O4S/c45-35(24-27-7-6-11-33(23-27)49(47,48)44-22-21-30-10-4-5-12-34(30)44)43(32-19-17-29(18-20-32)28-8-2-1-3-9-28)25-26-13-15-31(16-14-26)36(46)38-37-39-41-42-40-37/h4-7,10-20,23,28H,1-3,8-9,21-22,24-25H2,(H2,38,39,40,41,42,46). The Hall–Kier alpha value is -5.36. The first kappa shape index (κ1) is 32.2. The Morgan fingerprint density at radius 2 is 1.65 bits per heavy atom. The van der Waals surface area contributed by atoms with Crippen molar-refractivity contribution in [2.75, 3.05) is 21.1 Å². The maximum atomic E-state index is 14.1. The Balaban J connectivity index is 1.12. The Kier molecular flexibility index (Phi) is 9.21. The predicted octanol–water partition coefficient (Wildman–Crippen LogP) is 6.03. The molecule has 49 heavy (non-hydrogen) atoms. The van der Waals surface area contributed by atoms with Gasteiger partial charge in [-0.1, -0.05) is 79.0 Å². The van der Waals surface area contributed by atoms with Crippen LogP contribution in [0.4, 0.5) is 17.3 Å². The van der Waals surface area contributed by atoms with E-state index in [0.717, 1.165) is 16.8 Å². The van der Waals surface area contributed by atoms with Crippen LogP contribution in [0.1, 0.15) is 70.6 Å². The molecule has 0 saturated heterocycles. The van der Waals surface area contributed by atoms with Crippen LogP contribution >= 0.6 is 0 Å². The van der Waals surface area contributed by atoms with Gasteiger partial charge in [0.2, 0.25) is 5.91 Å². The van der Waals surface area contributed by atoms with E-state index >= 15 is 0 Å². The van der Waals surface area contributed by atoms with E-state index in [1.54, 1.807) is 41.3 Å². The first-order valence-electron chi connectivity index (χ1n) is 16.6. The third-order valence-electron chi connectivity index (χ3n) is 9.40. The molecule has 0 spiro atoms. The maximum Gasteiger partial charge on any atom is 0.270 e. The van der Waals surface area contributed by atoms with Gasteiger partial charge in [0.1, 0.15) is 0 Å². The summed E-state index contributed by atoms with van der Waals surface area (Å²) in [7, 11) is -3.81. The molecular weight excluding hydrogens is 639 g/mol. The van der Waals surface area contributed by atoms with Gasteiger partial charge in [-0.2, -0.15) is 5.21 Å². The van der Waals surface area contributed by atoms with Crippen LogP contribution in [0, 0.1) is 0 Å². The molecule has 1 aromatic heterocycles. The molecule has 12 heteroatoms. The Labute approximate surface area is 285 Å². The number of H-pyrrole nitrogens is 1. The molecule has 2 amide bonds. The van der Waals surface area contributed by atoms with E-state index < -0.39 is 10.0 Å². The molecule has 11 nitrogen and oxygen atoms in total. The zero-order chi connectivity index (χ0) is 33.8. The number of nitrogens with zero attached hydrogens (tertiary/aromatic N) is 5. The van der Waals surface area contributed by atoms with Crippen LogP contribution in [-0.2, 0) is 34.2 Å². The first-order chi connectivity index (χ1) is 23.8. The molecule has 2 N–H and O–H groups in total. The number of amides is 2. The molecule has 2 heterocycles. The number of nitrogens with one attached hydrogen (secondary N) is 2. The van der Waals surface area contributed by atoms with Gasteiger partial charge in [-0.25, -0.2) is 8.42 Å². The monoisotopic (exact) mass is 675 g/mol. The molecule has 250 valence electrons. The Morgan fingerprint density at radius 3 is 2.41 bits per heavy atom. The van der Waals surface area contributed by atoms with Crippen LogP contribution in [0.3, 0.4) is 0 Å². The van der Waals surface area contributed by atoms with Gasteiger partial charge in [-0.15, -0.1) is 5.10 Å². The number of fused-ring (bicyclic) bond motifs is 1. The molecule has 1 aliphatic heterocycles. The normalized spacial score (nSPS) is 14.7. The van der Waals surface area contributed by atoms with Gasteiger partial charge in [0.05, 0.1) is 23.5 Å². The van der Waals surface area contributed by atoms with Gasteiger partial charge in [-0.05, 0) is 95.1 Å². The third kappa shape index (κ3) is 7.09. The maximum absolute atomic E-state index is 14.1. The van der Waals surface area contributed by atoms with Gasteiger partial charge >= 0.3 is 0 Å². The fraction of sp³-hybridized carbons (Fsp3) is 0.270. The van der Waals surface area contributed by atoms with Crippen LogP contribution in [0.25, 0.3) is 0 Å². The highest BCUT2D eigenvalue weighted by molar-refractivity contribution is 7.92. The quantitative estimate of drug-likeness (QED) is 0.184. The lowest BCUT2D eigenvalue weighted by molar-refractivity contribution is -0.118. The van der Waals surface area contributed by atoms with Gasteiger partial charge in [-0.3, -0.25) is 19.2 Å². The van der Waals surface area contributed by atoms with E-state index in [0.29, 0.717) is 35.7 Å². The van der Waals surface area contributed by atoms with Crippen molar-refractivity contribution in [2.45, 2.75) is 62.3 Å². The minimum atomic E-state index is -3.81. The number of sulfonamides is 1. The zero-order valence-electron chi connectivity index (χ0n) is 27.0. The van der Waals surface area contributed by atoms with Gasteiger partial charge in [0, 0.05) is 17.8 Å². The van der Waals surface area contributed by atoms with Crippen LogP contribution in [-0.4, -0.2) is 47.4 Å². The third-order valence-corrected chi connectivity index (χ3v) is 11.2. The van der Waals surface area contributed by atoms with Crippen molar-refractivity contribution in [1.29, 1.82) is 0 Å². The molecular formula is C37H37N7O4S. The molecule has 4 aromatic carbocycles. The van der Waals surface area contributed by atoms with E-state index in [9.17, 15) is 18.0 Å². The topological polar surface area (TPSA) is 141 Å². The van der Waals surface area contributed by atoms with E-state index in [2.05, 4.69) is 38.1 Å². The van der Waals surface area contributed by atoms with Gasteiger partial charge in [0.15, 0.2) is 0 Å². The number of aromatic amines is 1. The summed E-state index contributed by atoms with van der Waals surface area (Å²) in [5, 5.41) is 15.8. The van der Waals surface area contributed by atoms with Crippen LogP contribution < -0.4 is 14.5 Å². The first-order valence-corrected chi connectivity index (χ1v) is 18.0. The van der Waals surface area contributed by atoms with E-state index in [1.165, 1.54) is 42.0 Å². The summed E-state index contributed by atoms with van der Waals surface area (Å²) in [6.07, 6.45) is 6.77. The molecule has 7 rings (SSSR count). The molecule has 0 atom stereocenters. The fourth-order valence-corrected chi connectivity index (χ4v) is 8.36. The second-order valence-electron chi connectivity index (χ2n) is 12.6. The molecule has 1 saturated carbocycles. The smallest absolute Gasteiger partial charge is 0.270 e. The summed E-state index contributed by atoms with van der Waals surface area (Å²) >= 11 is 0. The number of hydrogen-bond acceptors (Lipinski definition) is 7. The minimum absolute atomic E-state index is 0.00944. The van der Waals surface area contributed by atoms with Crippen LogP contribution in [0.5, 0.6) is 0 Å². The number of aromatic nitrogens is 4. The largest absolute Gasteiger partial charge is 0.308 e. The molecule has 1 aliphatic carbocycles. The van der Waals surface area contributed by atoms with E-state index in [4.69, 9.17) is 0 Å². The SMILES string of the molecule is O=C(Nc1nn[nH]n1)c1ccc(CN(C(=O)Cc2cccc(S(=O)(=O)N3CCc4ccccc43)c2)c2ccc(C3CCCCC3)cc2)cc1. The molecule has 2 aliphatic rings. The van der Waals surface area contributed by atoms with Crippen molar-refractivity contribution >= 4 is 39.2 Å². The highest BCUT2D eigenvalue weighted by atomic mass is 32.2. The molecule has 1 fully saturated rings. The highest BCUT2D eigenvalue weighted by Gasteiger charge is 2.31. The summed E-state index contributed by atoms with van der Waals surface area (Å²) in [5.74, 6) is 0.0480. The molecule has 5 aromatic rings. The van der Waals surface area contributed by atoms with E-state index in [1.807, 2.05) is 48.5 Å². The van der Waals surface area contributed by atoms with Gasteiger partial charge < -0.3 is 4.90 Å². The van der Waals surface area contributed by atoms with Crippen molar-refractivity contribution in [3.05, 3.63) is 125 Å². The van der Waals surface area contributed by atoms with Crippen LogP contribution in [0.2, 0.25) is 0 Å². The number of rotatable bonds is 10. The summed E-state index contributed by atoms with van der Waals surface area (Å²) in [6.45, 7) is 0.643. The number of benzene rings is 4. The average molecular weight is 676 g/mol. The van der Waals surface area contributed by atoms with Gasteiger partial charge in [0.25, 0.3) is 21.9 Å². The fourth-order valence-electron chi connectivity index (χ4n) is 6.79. The Bertz CT molecular complexity index is 2040. The lowest BCUT2D eigenvalue weighted by Gasteiger charge is -2.26. The molecule has 0 radical (unpaired) electrons. The summed E-state index contributed by atoms with van der Waals surface area (Å²) < 4.78 is 29.0. The highest BCUT2D eigenvalue weighted by Crippen LogP contribution is 2.35. The molecule has 0 bridgehead atoms. The van der Waals surface area contributed by atoms with Crippen molar-refractivity contribution in [3.8, 4) is 0 Å². The predicted molar refractivity (Wildman–Crippen MR) is 187 cm³/mol. The number of hydrogen-bond donors (Lipinski definition) is 2. The summed E-state index contributed by atoms with van der Waals surface area (Å²) in [5.41, 5.74) is 5.58. The van der Waals surface area contributed by atoms with Crippen LogP contribution in [0.15, 0.2) is 102 Å². The number of anilines is 3. The summed E-state index contributed by atoms with van der Waals surface area (Å²) in [6, 6.07) is 29.5. The van der Waals surface area contributed by atoms with Crippen molar-refractivity contribution in [3.63, 3.8) is 0 Å². The van der Waals surface area contributed by atoms with Crippen molar-refractivity contribution in [2.24, 2.45) is 0 Å². The summed E-state index contributed by atoms with van der Waals surface area (Å²) in [4.78, 5) is 28.6. The minimum Gasteiger partial charge on any atom is -0.308 e. The lowest BCUT2D eigenvalue weighted by atomic mass is 9.84. The number of tetrazole rings is 1. The van der Waals surface area contributed by atoms with Crippen molar-refractivity contribution in [1.82, 2.24) is 20.6 Å². The second-order valence-corrected chi connectivity index (χ2v) is 14.4. The van der Waals surface area contributed by atoms with Crippen molar-refractivity contribution < 1.29 is 18.0 Å². The lowest BCUT2D eigenvalue weighted by Crippen LogP contribution is -2.32. The van der Waals surface area contributed by atoms with E-state index in [-0.39, 0.29) is 35.6 Å². The zero-order valence-corrected chi connectivity index (χ0v) is 27.8. The number of carbonyl (C=O) groups excluding carboxylic acids is 2. The second kappa shape index (κ2) is 14.0. The number of para-hydroxylation sites is 1.